The van der Waals surface area contributed by atoms with Gasteiger partial charge in [-0.2, -0.15) is 22.0 Å². The molecular formula is C42H63F5N2O5S. The third-order valence-electron chi connectivity index (χ3n) is 14.0. The smallest absolute Gasteiger partial charge is 0.410 e. The summed E-state index contributed by atoms with van der Waals surface area (Å²) in [5, 5.41) is 11.1. The van der Waals surface area contributed by atoms with Gasteiger partial charge in [-0.15, -0.1) is 0 Å². The van der Waals surface area contributed by atoms with Crippen molar-refractivity contribution in [3.05, 3.63) is 29.3 Å². The first-order valence-electron chi connectivity index (χ1n) is 21.2. The molecule has 7 unspecified atom stereocenters. The fraction of sp³-hybridized carbons (Fsp3) is 0.833. The molecule has 5 aliphatic rings. The van der Waals surface area contributed by atoms with Crippen LogP contribution in [0.3, 0.4) is 0 Å². The number of aliphatic hydroxyl groups is 1. The van der Waals surface area contributed by atoms with Gasteiger partial charge in [0.1, 0.15) is 5.75 Å². The molecule has 55 heavy (non-hydrogen) atoms. The van der Waals surface area contributed by atoms with Crippen LogP contribution in [0.4, 0.5) is 26.7 Å². The summed E-state index contributed by atoms with van der Waals surface area (Å²) in [5.41, 5.74) is 2.67. The normalized spacial score (nSPS) is 29.7. The number of benzene rings is 1. The number of nitrogens with zero attached hydrogens (tertiary/aromatic N) is 2. The van der Waals surface area contributed by atoms with Crippen molar-refractivity contribution in [3.8, 4) is 5.75 Å². The zero-order valence-electron chi connectivity index (χ0n) is 32.6. The molecule has 3 aliphatic carbocycles. The average molecular weight is 803 g/mol. The number of unbranched alkanes of at least 4 members (excludes halogenated alkanes) is 6. The van der Waals surface area contributed by atoms with E-state index in [9.17, 15) is 36.1 Å². The molecule has 13 heteroatoms. The summed E-state index contributed by atoms with van der Waals surface area (Å²) in [6, 6.07) is 6.82. The van der Waals surface area contributed by atoms with Crippen molar-refractivity contribution in [2.45, 2.75) is 146 Å². The van der Waals surface area contributed by atoms with Gasteiger partial charge in [0.2, 0.25) is 0 Å². The Kier molecular flexibility index (Phi) is 14.6. The number of rotatable bonds is 16. The number of fused-ring (bicyclic) bond motifs is 5. The van der Waals surface area contributed by atoms with Crippen LogP contribution in [0.1, 0.15) is 127 Å². The third-order valence-corrected chi connectivity index (χ3v) is 15.5. The van der Waals surface area contributed by atoms with E-state index in [1.807, 2.05) is 11.0 Å². The van der Waals surface area contributed by atoms with Crippen molar-refractivity contribution in [3.63, 3.8) is 0 Å². The van der Waals surface area contributed by atoms with Crippen LogP contribution in [-0.4, -0.2) is 100 Å². The van der Waals surface area contributed by atoms with E-state index >= 15 is 0 Å². The first-order valence-corrected chi connectivity index (χ1v) is 22.6. The highest BCUT2D eigenvalue weighted by molar-refractivity contribution is 7.84. The van der Waals surface area contributed by atoms with Crippen molar-refractivity contribution < 1.29 is 45.5 Å². The van der Waals surface area contributed by atoms with E-state index in [0.29, 0.717) is 60.7 Å². The summed E-state index contributed by atoms with van der Waals surface area (Å²) >= 11 is 0. The Morgan fingerprint density at radius 2 is 1.58 bits per heavy atom. The number of likely N-dealkylation sites (tertiary alicyclic amines) is 1. The largest absolute Gasteiger partial charge is 0.453 e. The van der Waals surface area contributed by atoms with Gasteiger partial charge < -0.3 is 19.5 Å². The van der Waals surface area contributed by atoms with Gasteiger partial charge in [-0.25, -0.2) is 4.79 Å². The van der Waals surface area contributed by atoms with Gasteiger partial charge in [0.15, 0.2) is 0 Å². The van der Waals surface area contributed by atoms with Crippen LogP contribution in [0.25, 0.3) is 0 Å². The number of ether oxygens (including phenoxy) is 2. The Hall–Kier alpha value is -1.83. The lowest BCUT2D eigenvalue weighted by atomic mass is 9.52. The van der Waals surface area contributed by atoms with Crippen LogP contribution in [0, 0.1) is 23.2 Å². The van der Waals surface area contributed by atoms with E-state index in [4.69, 9.17) is 9.47 Å². The molecule has 1 aromatic rings. The topological polar surface area (TPSA) is 79.3 Å². The minimum absolute atomic E-state index is 0.0283. The Morgan fingerprint density at radius 3 is 2.29 bits per heavy atom. The highest BCUT2D eigenvalue weighted by Crippen LogP contribution is 2.62. The number of alkyl halides is 5. The fourth-order valence-electron chi connectivity index (χ4n) is 10.9. The third kappa shape index (κ3) is 10.4. The lowest BCUT2D eigenvalue weighted by molar-refractivity contribution is -0.284. The highest BCUT2D eigenvalue weighted by atomic mass is 32.2. The van der Waals surface area contributed by atoms with E-state index in [-0.39, 0.29) is 23.4 Å². The van der Waals surface area contributed by atoms with E-state index in [0.717, 1.165) is 116 Å². The molecule has 2 aliphatic heterocycles. The van der Waals surface area contributed by atoms with Crippen LogP contribution in [-0.2, 0) is 22.0 Å². The number of carbonyl (C=O) groups is 1. The molecule has 7 nitrogen and oxygen atoms in total. The molecule has 0 bridgehead atoms. The van der Waals surface area contributed by atoms with Crippen LogP contribution >= 0.6 is 0 Å². The molecule has 0 radical (unpaired) electrons. The summed E-state index contributed by atoms with van der Waals surface area (Å²) in [5.74, 6) is -1.89. The zero-order valence-corrected chi connectivity index (χ0v) is 33.5. The predicted octanol–water partition coefficient (Wildman–Crippen LogP) is 9.27. The number of aliphatic hydroxyl groups excluding tert-OH is 1. The summed E-state index contributed by atoms with van der Waals surface area (Å²) in [6.07, 6.45) is 7.19. The molecule has 7 atom stereocenters. The van der Waals surface area contributed by atoms with Gasteiger partial charge in [-0.3, -0.25) is 9.11 Å². The first-order chi connectivity index (χ1) is 26.3. The highest BCUT2D eigenvalue weighted by Gasteiger charge is 2.57. The van der Waals surface area contributed by atoms with Gasteiger partial charge in [0.05, 0.1) is 19.3 Å². The average Bonchev–Trinajstić information content (AvgIpc) is 3.47. The molecule has 1 N–H and O–H groups in total. The summed E-state index contributed by atoms with van der Waals surface area (Å²) < 4.78 is 86.8. The fourth-order valence-corrected chi connectivity index (χ4v) is 12.1. The lowest BCUT2D eigenvalue weighted by Crippen LogP contribution is -2.50. The van der Waals surface area contributed by atoms with E-state index in [2.05, 4.69) is 24.0 Å². The Morgan fingerprint density at radius 1 is 0.909 bits per heavy atom. The number of hydrogen-bond acceptors (Lipinski definition) is 6. The van der Waals surface area contributed by atoms with Gasteiger partial charge in [-0.1, -0.05) is 51.5 Å². The van der Waals surface area contributed by atoms with Crippen LogP contribution < -0.4 is 4.74 Å². The number of carbonyl (C=O) groups excluding carboxylic acids is 1. The van der Waals surface area contributed by atoms with Gasteiger partial charge in [-0.05, 0) is 117 Å². The van der Waals surface area contributed by atoms with Gasteiger partial charge in [0.25, 0.3) is 0 Å². The number of hydrogen-bond donors (Lipinski definition) is 1. The van der Waals surface area contributed by atoms with Crippen LogP contribution in [0.2, 0.25) is 0 Å². The molecule has 0 spiro atoms. The molecule has 2 saturated heterocycles. The van der Waals surface area contributed by atoms with Gasteiger partial charge in [0, 0.05) is 60.9 Å². The molecule has 1 aromatic carbocycles. The second-order valence-electron chi connectivity index (χ2n) is 17.4. The maximum atomic E-state index is 13.3. The zero-order chi connectivity index (χ0) is 39.2. The van der Waals surface area contributed by atoms with Crippen LogP contribution in [0.5, 0.6) is 5.75 Å². The number of piperidine rings is 1. The van der Waals surface area contributed by atoms with E-state index < -0.39 is 35.7 Å². The molecule has 6 rings (SSSR count). The van der Waals surface area contributed by atoms with Crippen molar-refractivity contribution >= 4 is 16.9 Å². The maximum absolute atomic E-state index is 13.3. The Labute approximate surface area is 326 Å². The molecule has 1 amide bonds. The molecule has 2 saturated carbocycles. The van der Waals surface area contributed by atoms with E-state index in [1.54, 1.807) is 0 Å². The van der Waals surface area contributed by atoms with Crippen molar-refractivity contribution in [1.82, 2.24) is 9.80 Å². The molecule has 4 fully saturated rings. The molecule has 0 aromatic heterocycles. The molecular weight excluding hydrogens is 740 g/mol. The second kappa shape index (κ2) is 18.8. The maximum Gasteiger partial charge on any atom is 0.453 e. The lowest BCUT2D eigenvalue weighted by Gasteiger charge is -2.53. The van der Waals surface area contributed by atoms with Crippen molar-refractivity contribution in [2.75, 3.05) is 50.9 Å². The number of amides is 1. The first kappa shape index (κ1) is 42.8. The second-order valence-corrected chi connectivity index (χ2v) is 19.1. The minimum atomic E-state index is -5.56. The summed E-state index contributed by atoms with van der Waals surface area (Å²) in [4.78, 5) is 17.6. The van der Waals surface area contributed by atoms with Crippen LogP contribution in [0.15, 0.2) is 18.2 Å². The van der Waals surface area contributed by atoms with Crippen molar-refractivity contribution in [1.29, 1.82) is 0 Å². The molecule has 2 heterocycles. The quantitative estimate of drug-likeness (QED) is 0.133. The minimum Gasteiger partial charge on any atom is -0.410 e. The predicted molar refractivity (Wildman–Crippen MR) is 204 cm³/mol. The van der Waals surface area contributed by atoms with E-state index in [1.165, 1.54) is 11.1 Å². The number of morpholine rings is 1. The Balaban J connectivity index is 0.960. The monoisotopic (exact) mass is 802 g/mol. The SMILES string of the molecule is CC12CCC3c4ccc(OC(=O)N5CCC(N6CCOCC6)CC5)cc4CC(CCCCCCCCCS(=O)CCCC(F)(F)C(F)(F)F)C3C1CCC2O. The Bertz CT molecular complexity index is 1440. The summed E-state index contributed by atoms with van der Waals surface area (Å²) in [7, 11) is -1.38. The van der Waals surface area contributed by atoms with Crippen molar-refractivity contribution in [2.24, 2.45) is 23.2 Å². The standard InChI is InChI=1S/C42H63F5N2O5S/c1-40-19-15-35-34-12-11-33(54-39(51)49-20-16-32(17-21-49)48-22-24-53-25-23-48)29-31(34)28-30(38(35)36(40)13-14-37(40)50)10-7-5-3-2-4-6-8-26-55(52)27-9-18-41(43,44)42(45,46)47/h11-12,29-30,32,35-38,50H,2-10,13-28H2,1H3. The summed E-state index contributed by atoms with van der Waals surface area (Å²) in [6.45, 7) is 7.19. The van der Waals surface area contributed by atoms with Gasteiger partial charge >= 0.3 is 18.2 Å². The molecule has 312 valence electrons. The number of halogens is 5.